The van der Waals surface area contributed by atoms with Crippen LogP contribution in [0.3, 0.4) is 0 Å². The molecule has 0 heterocycles. The summed E-state index contributed by atoms with van der Waals surface area (Å²) < 4.78 is 48.2. The highest BCUT2D eigenvalue weighted by Gasteiger charge is 2.36. The molecule has 0 aliphatic rings. The smallest absolute Gasteiger partial charge is 0.420 e. The van der Waals surface area contributed by atoms with Crippen molar-refractivity contribution >= 4 is 0 Å². The Hall–Kier alpha value is -1.47. The molecule has 2 N–H and O–H groups in total. The average Bonchev–Trinajstić information content (AvgIpc) is 2.33. The molecule has 0 atom stereocenters. The van der Waals surface area contributed by atoms with Crippen LogP contribution < -0.4 is 15.4 Å². The van der Waals surface area contributed by atoms with Gasteiger partial charge in [0.05, 0.1) is 20.8 Å². The predicted molar refractivity (Wildman–Crippen MR) is 58.4 cm³/mol. The first-order valence-electron chi connectivity index (χ1n) is 5.07. The Labute approximate surface area is 102 Å². The Bertz CT molecular complexity index is 407. The molecule has 0 saturated heterocycles. The zero-order valence-electron chi connectivity index (χ0n) is 10.0. The molecule has 7 heteroatoms. The fraction of sp³-hybridized carbons (Fsp3) is 0.455. The third kappa shape index (κ3) is 3.27. The van der Waals surface area contributed by atoms with Crippen molar-refractivity contribution in [1.29, 1.82) is 0 Å². The van der Waals surface area contributed by atoms with Crippen molar-refractivity contribution in [1.82, 2.24) is 0 Å². The Balaban J connectivity index is 3.27. The lowest BCUT2D eigenvalue weighted by atomic mass is 10.1. The van der Waals surface area contributed by atoms with E-state index in [2.05, 4.69) is 4.84 Å². The maximum atomic E-state index is 12.9. The number of halogens is 3. The number of nitrogens with two attached hydrogens (primary N) is 1. The van der Waals surface area contributed by atoms with Crippen LogP contribution in [0.15, 0.2) is 12.1 Å². The van der Waals surface area contributed by atoms with Crippen LogP contribution in [-0.2, 0) is 17.4 Å². The Morgan fingerprint density at radius 3 is 2.28 bits per heavy atom. The zero-order valence-corrected chi connectivity index (χ0v) is 10.0. The number of ether oxygens (including phenoxy) is 2. The molecule has 1 aromatic carbocycles. The van der Waals surface area contributed by atoms with Crippen molar-refractivity contribution in [2.45, 2.75) is 12.6 Å². The van der Waals surface area contributed by atoms with E-state index < -0.39 is 11.7 Å². The largest absolute Gasteiger partial charge is 0.493 e. The highest BCUT2D eigenvalue weighted by molar-refractivity contribution is 5.50. The van der Waals surface area contributed by atoms with Gasteiger partial charge in [0.25, 0.3) is 0 Å². The van der Waals surface area contributed by atoms with E-state index in [1.807, 2.05) is 0 Å². The van der Waals surface area contributed by atoms with Gasteiger partial charge in [0.15, 0.2) is 11.5 Å². The third-order valence-corrected chi connectivity index (χ3v) is 2.35. The molecule has 18 heavy (non-hydrogen) atoms. The Morgan fingerprint density at radius 2 is 1.83 bits per heavy atom. The average molecular weight is 265 g/mol. The molecule has 0 bridgehead atoms. The topological polar surface area (TPSA) is 53.7 Å². The first-order valence-corrected chi connectivity index (χ1v) is 5.07. The molecular formula is C11H14F3NO3. The summed E-state index contributed by atoms with van der Waals surface area (Å²) in [7, 11) is 2.44. The van der Waals surface area contributed by atoms with E-state index in [0.29, 0.717) is 5.56 Å². The van der Waals surface area contributed by atoms with E-state index in [-0.39, 0.29) is 24.5 Å². The minimum Gasteiger partial charge on any atom is -0.493 e. The maximum Gasteiger partial charge on any atom is 0.420 e. The molecule has 0 spiro atoms. The summed E-state index contributed by atoms with van der Waals surface area (Å²) >= 11 is 0. The van der Waals surface area contributed by atoms with E-state index in [9.17, 15) is 13.2 Å². The second-order valence-corrected chi connectivity index (χ2v) is 3.50. The lowest BCUT2D eigenvalue weighted by Gasteiger charge is -2.16. The first-order chi connectivity index (χ1) is 8.43. The second-order valence-electron chi connectivity index (χ2n) is 3.50. The van der Waals surface area contributed by atoms with Gasteiger partial charge in [0.2, 0.25) is 0 Å². The van der Waals surface area contributed by atoms with Crippen molar-refractivity contribution in [3.63, 3.8) is 0 Å². The molecule has 0 aromatic heterocycles. The van der Waals surface area contributed by atoms with Crippen LogP contribution in [0.4, 0.5) is 13.2 Å². The predicted octanol–water partition coefficient (Wildman–Crippen LogP) is 2.16. The molecule has 0 saturated carbocycles. The number of hydrogen-bond acceptors (Lipinski definition) is 4. The molecular weight excluding hydrogens is 251 g/mol. The highest BCUT2D eigenvalue weighted by atomic mass is 19.4. The van der Waals surface area contributed by atoms with Crippen molar-refractivity contribution < 1.29 is 27.5 Å². The zero-order chi connectivity index (χ0) is 13.8. The van der Waals surface area contributed by atoms with Crippen LogP contribution in [0.1, 0.15) is 11.1 Å². The van der Waals surface area contributed by atoms with Gasteiger partial charge in [0.1, 0.15) is 5.56 Å². The van der Waals surface area contributed by atoms with Gasteiger partial charge >= 0.3 is 6.18 Å². The van der Waals surface area contributed by atoms with Crippen molar-refractivity contribution in [3.8, 4) is 11.5 Å². The molecule has 1 rings (SSSR count). The fourth-order valence-corrected chi connectivity index (χ4v) is 1.55. The normalized spacial score (nSPS) is 11.4. The lowest BCUT2D eigenvalue weighted by molar-refractivity contribution is -0.138. The lowest BCUT2D eigenvalue weighted by Crippen LogP contribution is -2.11. The van der Waals surface area contributed by atoms with Crippen LogP contribution in [-0.4, -0.2) is 20.8 Å². The third-order valence-electron chi connectivity index (χ3n) is 2.35. The van der Waals surface area contributed by atoms with Gasteiger partial charge < -0.3 is 14.3 Å². The highest BCUT2D eigenvalue weighted by Crippen LogP contribution is 2.42. The monoisotopic (exact) mass is 265 g/mol. The van der Waals surface area contributed by atoms with Crippen LogP contribution in [0, 0.1) is 0 Å². The number of hydrogen-bond donors (Lipinski definition) is 1. The van der Waals surface area contributed by atoms with Gasteiger partial charge in [-0.1, -0.05) is 0 Å². The number of rotatable bonds is 5. The van der Waals surface area contributed by atoms with Gasteiger partial charge in [0, 0.05) is 0 Å². The molecule has 0 amide bonds. The molecule has 0 aliphatic carbocycles. The summed E-state index contributed by atoms with van der Waals surface area (Å²) in [5, 5.41) is 0. The van der Waals surface area contributed by atoms with Gasteiger partial charge in [-0.3, -0.25) is 0 Å². The van der Waals surface area contributed by atoms with Crippen LogP contribution >= 0.6 is 0 Å². The summed E-state index contributed by atoms with van der Waals surface area (Å²) in [4.78, 5) is 4.35. The quantitative estimate of drug-likeness (QED) is 0.829. The second kappa shape index (κ2) is 5.92. The summed E-state index contributed by atoms with van der Waals surface area (Å²) in [5.41, 5.74) is -0.471. The first kappa shape index (κ1) is 14.6. The van der Waals surface area contributed by atoms with E-state index in [0.717, 1.165) is 13.2 Å². The van der Waals surface area contributed by atoms with Crippen LogP contribution in [0.2, 0.25) is 0 Å². The van der Waals surface area contributed by atoms with E-state index in [4.69, 9.17) is 15.4 Å². The van der Waals surface area contributed by atoms with Crippen molar-refractivity contribution in [2.24, 2.45) is 5.90 Å². The van der Waals surface area contributed by atoms with Crippen LogP contribution in [0.5, 0.6) is 11.5 Å². The maximum absolute atomic E-state index is 12.9. The minimum absolute atomic E-state index is 0.0272. The molecule has 1 aromatic rings. The number of benzene rings is 1. The van der Waals surface area contributed by atoms with Gasteiger partial charge in [-0.25, -0.2) is 5.90 Å². The number of methoxy groups -OCH3 is 2. The summed E-state index contributed by atoms with van der Waals surface area (Å²) in [6.07, 6.45) is -4.27. The Morgan fingerprint density at radius 1 is 1.17 bits per heavy atom. The molecule has 0 unspecified atom stereocenters. The summed E-state index contributed by atoms with van der Waals surface area (Å²) in [5.74, 6) is 4.54. The van der Waals surface area contributed by atoms with Crippen molar-refractivity contribution in [3.05, 3.63) is 23.3 Å². The van der Waals surface area contributed by atoms with E-state index in [1.165, 1.54) is 13.2 Å². The fourth-order valence-electron chi connectivity index (χ4n) is 1.55. The summed E-state index contributed by atoms with van der Waals surface area (Å²) in [6, 6.07) is 2.47. The van der Waals surface area contributed by atoms with Gasteiger partial charge in [-0.15, -0.1) is 0 Å². The molecule has 0 radical (unpaired) electrons. The minimum atomic E-state index is -4.52. The van der Waals surface area contributed by atoms with Gasteiger partial charge in [-0.05, 0) is 24.1 Å². The SMILES string of the molecule is COc1cc(CCON)cc(C(F)(F)F)c1OC. The van der Waals surface area contributed by atoms with Gasteiger partial charge in [-0.2, -0.15) is 13.2 Å². The van der Waals surface area contributed by atoms with Crippen LogP contribution in [0.25, 0.3) is 0 Å². The molecule has 0 fully saturated rings. The van der Waals surface area contributed by atoms with Crippen molar-refractivity contribution in [2.75, 3.05) is 20.8 Å². The molecule has 102 valence electrons. The number of alkyl halides is 3. The Kier molecular flexibility index (Phi) is 4.80. The molecule has 4 nitrogen and oxygen atoms in total. The molecule has 0 aliphatic heterocycles. The van der Waals surface area contributed by atoms with E-state index in [1.54, 1.807) is 0 Å². The van der Waals surface area contributed by atoms with E-state index >= 15 is 0 Å². The standard InChI is InChI=1S/C11H14F3NO3/c1-16-9-6-7(3-4-18-15)5-8(10(9)17-2)11(12,13)14/h5-6H,3-4,15H2,1-2H3. The summed E-state index contributed by atoms with van der Waals surface area (Å²) in [6.45, 7) is 0.118.